The molecule has 1 N–H and O–H groups in total. The number of nitrogens with one attached hydrogen (secondary N) is 1. The minimum Gasteiger partial charge on any atom is -0.306 e. The maximum absolute atomic E-state index is 3.66. The van der Waals surface area contributed by atoms with E-state index in [4.69, 9.17) is 0 Å². The second-order valence-electron chi connectivity index (χ2n) is 6.04. The van der Waals surface area contributed by atoms with Crippen LogP contribution in [0.4, 0.5) is 0 Å². The largest absolute Gasteiger partial charge is 0.306 e. The van der Waals surface area contributed by atoms with Gasteiger partial charge in [-0.05, 0) is 41.8 Å². The van der Waals surface area contributed by atoms with Crippen molar-refractivity contribution >= 4 is 0 Å². The van der Waals surface area contributed by atoms with Crippen molar-refractivity contribution in [1.29, 1.82) is 0 Å². The van der Waals surface area contributed by atoms with E-state index in [9.17, 15) is 0 Å². The number of fused-ring (bicyclic) bond motifs is 1. The quantitative estimate of drug-likeness (QED) is 0.903. The molecule has 0 saturated heterocycles. The summed E-state index contributed by atoms with van der Waals surface area (Å²) in [7, 11) is 0. The molecule has 3 rings (SSSR count). The Morgan fingerprint density at radius 1 is 1.00 bits per heavy atom. The lowest BCUT2D eigenvalue weighted by atomic mass is 9.89. The van der Waals surface area contributed by atoms with Crippen LogP contribution < -0.4 is 5.32 Å². The van der Waals surface area contributed by atoms with Gasteiger partial charge in [0.05, 0.1) is 6.04 Å². The number of benzene rings is 2. The summed E-state index contributed by atoms with van der Waals surface area (Å²) in [6.07, 6.45) is 1.13. The molecule has 2 aromatic rings. The number of nitrogens with zero attached hydrogens (tertiary/aromatic N) is 1. The van der Waals surface area contributed by atoms with Gasteiger partial charge in [-0.3, -0.25) is 4.90 Å². The van der Waals surface area contributed by atoms with E-state index in [1.54, 1.807) is 0 Å². The zero-order valence-corrected chi connectivity index (χ0v) is 13.7. The molecule has 1 aliphatic rings. The molecule has 0 fully saturated rings. The van der Waals surface area contributed by atoms with E-state index in [1.165, 1.54) is 22.3 Å². The molecule has 1 aliphatic heterocycles. The topological polar surface area (TPSA) is 15.3 Å². The molecule has 0 amide bonds. The second-order valence-corrected chi connectivity index (χ2v) is 6.04. The number of rotatable bonds is 5. The number of hydrogen-bond acceptors (Lipinski definition) is 2. The van der Waals surface area contributed by atoms with Gasteiger partial charge in [0.15, 0.2) is 0 Å². The summed E-state index contributed by atoms with van der Waals surface area (Å²) < 4.78 is 0. The first-order valence-electron chi connectivity index (χ1n) is 8.44. The van der Waals surface area contributed by atoms with Crippen LogP contribution in [0, 0.1) is 0 Å². The molecule has 0 radical (unpaired) electrons. The van der Waals surface area contributed by atoms with Crippen molar-refractivity contribution in [3.05, 3.63) is 70.8 Å². The molecule has 0 spiro atoms. The maximum Gasteiger partial charge on any atom is 0.0579 e. The van der Waals surface area contributed by atoms with Crippen molar-refractivity contribution in [3.63, 3.8) is 0 Å². The van der Waals surface area contributed by atoms with Crippen molar-refractivity contribution in [2.24, 2.45) is 0 Å². The molecule has 0 aliphatic carbocycles. The van der Waals surface area contributed by atoms with Gasteiger partial charge in [0.25, 0.3) is 0 Å². The second kappa shape index (κ2) is 7.08. The van der Waals surface area contributed by atoms with Crippen LogP contribution in [0.5, 0.6) is 0 Å². The van der Waals surface area contributed by atoms with Crippen LogP contribution in [0.25, 0.3) is 0 Å². The predicted octanol–water partition coefficient (Wildman–Crippen LogP) is 3.76. The third-order valence-corrected chi connectivity index (χ3v) is 4.72. The molecule has 0 saturated carbocycles. The molecule has 0 bridgehead atoms. The third-order valence-electron chi connectivity index (χ3n) is 4.72. The van der Waals surface area contributed by atoms with Crippen LogP contribution in [-0.2, 0) is 13.0 Å². The average molecular weight is 294 g/mol. The first kappa shape index (κ1) is 15.3. The first-order chi connectivity index (χ1) is 10.8. The fourth-order valence-corrected chi connectivity index (χ4v) is 3.32. The van der Waals surface area contributed by atoms with Gasteiger partial charge in [-0.2, -0.15) is 0 Å². The highest BCUT2D eigenvalue weighted by Crippen LogP contribution is 2.28. The van der Waals surface area contributed by atoms with E-state index < -0.39 is 0 Å². The average Bonchev–Trinajstić information content (AvgIpc) is 2.60. The van der Waals surface area contributed by atoms with Crippen LogP contribution >= 0.6 is 0 Å². The van der Waals surface area contributed by atoms with Crippen molar-refractivity contribution < 1.29 is 0 Å². The standard InChI is InChI=1S/C20H26N2/c1-3-22(4-2)15-16-9-11-18(12-10-16)20-19-8-6-5-7-17(19)13-14-21-20/h5-12,20-21H,3-4,13-15H2,1-2H3. The SMILES string of the molecule is CCN(CC)Cc1ccc(C2NCCc3ccccc32)cc1. The Balaban J connectivity index is 1.79. The van der Waals surface area contributed by atoms with Crippen molar-refractivity contribution in [2.45, 2.75) is 32.9 Å². The molecule has 0 aromatic heterocycles. The highest BCUT2D eigenvalue weighted by atomic mass is 15.1. The zero-order chi connectivity index (χ0) is 15.4. The molecule has 2 nitrogen and oxygen atoms in total. The van der Waals surface area contributed by atoms with E-state index in [1.807, 2.05) is 0 Å². The molecule has 22 heavy (non-hydrogen) atoms. The van der Waals surface area contributed by atoms with Gasteiger partial charge in [0.1, 0.15) is 0 Å². The molecule has 2 aromatic carbocycles. The number of hydrogen-bond donors (Lipinski definition) is 1. The Labute approximate surface area is 134 Å². The van der Waals surface area contributed by atoms with Crippen LogP contribution in [-0.4, -0.2) is 24.5 Å². The van der Waals surface area contributed by atoms with Gasteiger partial charge in [-0.1, -0.05) is 62.4 Å². The first-order valence-corrected chi connectivity index (χ1v) is 8.44. The Morgan fingerprint density at radius 3 is 2.45 bits per heavy atom. The van der Waals surface area contributed by atoms with E-state index in [-0.39, 0.29) is 0 Å². The Bertz CT molecular complexity index is 599. The summed E-state index contributed by atoms with van der Waals surface area (Å²) in [6.45, 7) is 8.76. The fraction of sp³-hybridized carbons (Fsp3) is 0.400. The normalized spacial score (nSPS) is 17.5. The minimum absolute atomic E-state index is 0.340. The lowest BCUT2D eigenvalue weighted by Gasteiger charge is -2.27. The Kier molecular flexibility index (Phi) is 4.91. The summed E-state index contributed by atoms with van der Waals surface area (Å²) >= 11 is 0. The van der Waals surface area contributed by atoms with Gasteiger partial charge in [0, 0.05) is 13.1 Å². The molecule has 1 atom stereocenters. The highest BCUT2D eigenvalue weighted by Gasteiger charge is 2.20. The summed E-state index contributed by atoms with van der Waals surface area (Å²) in [4.78, 5) is 2.45. The van der Waals surface area contributed by atoms with Crippen LogP contribution in [0.3, 0.4) is 0 Å². The third kappa shape index (κ3) is 3.23. The predicted molar refractivity (Wildman–Crippen MR) is 93.1 cm³/mol. The molecule has 116 valence electrons. The van der Waals surface area contributed by atoms with E-state index in [2.05, 4.69) is 72.6 Å². The van der Waals surface area contributed by atoms with Crippen molar-refractivity contribution in [3.8, 4) is 0 Å². The van der Waals surface area contributed by atoms with E-state index in [0.29, 0.717) is 6.04 Å². The van der Waals surface area contributed by atoms with Gasteiger partial charge in [0.2, 0.25) is 0 Å². The summed E-state index contributed by atoms with van der Waals surface area (Å²) in [5, 5.41) is 3.66. The van der Waals surface area contributed by atoms with Gasteiger partial charge < -0.3 is 5.32 Å². The van der Waals surface area contributed by atoms with E-state index in [0.717, 1.165) is 32.6 Å². The highest BCUT2D eigenvalue weighted by molar-refractivity contribution is 5.40. The molecule has 1 unspecified atom stereocenters. The monoisotopic (exact) mass is 294 g/mol. The molecule has 2 heteroatoms. The molecular weight excluding hydrogens is 268 g/mol. The zero-order valence-electron chi connectivity index (χ0n) is 13.7. The van der Waals surface area contributed by atoms with Gasteiger partial charge >= 0.3 is 0 Å². The van der Waals surface area contributed by atoms with Crippen LogP contribution in [0.1, 0.15) is 42.1 Å². The lowest BCUT2D eigenvalue weighted by Crippen LogP contribution is -2.30. The van der Waals surface area contributed by atoms with Crippen LogP contribution in [0.2, 0.25) is 0 Å². The lowest BCUT2D eigenvalue weighted by molar-refractivity contribution is 0.296. The van der Waals surface area contributed by atoms with Gasteiger partial charge in [-0.15, -0.1) is 0 Å². The Morgan fingerprint density at radius 2 is 1.73 bits per heavy atom. The van der Waals surface area contributed by atoms with E-state index >= 15 is 0 Å². The summed E-state index contributed by atoms with van der Waals surface area (Å²) in [5.74, 6) is 0. The Hall–Kier alpha value is -1.64. The molecular formula is C20H26N2. The fourth-order valence-electron chi connectivity index (χ4n) is 3.32. The smallest absolute Gasteiger partial charge is 0.0579 e. The summed E-state index contributed by atoms with van der Waals surface area (Å²) in [6, 6.07) is 18.3. The van der Waals surface area contributed by atoms with Gasteiger partial charge in [-0.25, -0.2) is 0 Å². The molecule has 1 heterocycles. The summed E-state index contributed by atoms with van der Waals surface area (Å²) in [5.41, 5.74) is 5.69. The maximum atomic E-state index is 3.66. The minimum atomic E-state index is 0.340. The van der Waals surface area contributed by atoms with Crippen LogP contribution in [0.15, 0.2) is 48.5 Å². The van der Waals surface area contributed by atoms with Crippen molar-refractivity contribution in [1.82, 2.24) is 10.2 Å². The van der Waals surface area contributed by atoms with Crippen molar-refractivity contribution in [2.75, 3.05) is 19.6 Å².